The highest BCUT2D eigenvalue weighted by molar-refractivity contribution is 6.30. The zero-order valence-electron chi connectivity index (χ0n) is 10.9. The predicted molar refractivity (Wildman–Crippen MR) is 78.7 cm³/mol. The van der Waals surface area contributed by atoms with Crippen molar-refractivity contribution < 1.29 is 9.13 Å². The van der Waals surface area contributed by atoms with Crippen molar-refractivity contribution >= 4 is 22.5 Å². The minimum absolute atomic E-state index is 0.228. The number of aryl methyl sites for hydroxylation is 1. The normalized spacial score (nSPS) is 10.9. The predicted octanol–water partition coefficient (Wildman–Crippen LogP) is 4.55. The van der Waals surface area contributed by atoms with Gasteiger partial charge >= 0.3 is 0 Å². The molecule has 2 aromatic carbocycles. The lowest BCUT2D eigenvalue weighted by molar-refractivity contribution is 0.298. The van der Waals surface area contributed by atoms with Gasteiger partial charge in [-0.2, -0.15) is 0 Å². The topological polar surface area (TPSA) is 14.2 Å². The zero-order valence-corrected chi connectivity index (χ0v) is 11.7. The summed E-state index contributed by atoms with van der Waals surface area (Å²) in [5.41, 5.74) is 1.97. The van der Waals surface area contributed by atoms with Gasteiger partial charge in [-0.15, -0.1) is 0 Å². The van der Waals surface area contributed by atoms with Gasteiger partial charge in [-0.25, -0.2) is 4.39 Å². The van der Waals surface area contributed by atoms with Crippen LogP contribution in [0.5, 0.6) is 5.75 Å². The third-order valence-corrected chi connectivity index (χ3v) is 3.56. The number of aromatic nitrogens is 1. The third-order valence-electron chi connectivity index (χ3n) is 3.30. The molecule has 102 valence electrons. The second-order valence-corrected chi connectivity index (χ2v) is 5.08. The van der Waals surface area contributed by atoms with Gasteiger partial charge in [-0.3, -0.25) is 0 Å². The number of hydrogen-bond donors (Lipinski definition) is 0. The second kappa shape index (κ2) is 5.17. The molecule has 0 aliphatic rings. The SMILES string of the molecule is Cn1c(COc2ccc(Cl)cc2)cc2cc(F)ccc21. The van der Waals surface area contributed by atoms with Crippen LogP contribution in [0.4, 0.5) is 4.39 Å². The quantitative estimate of drug-likeness (QED) is 0.690. The van der Waals surface area contributed by atoms with Gasteiger partial charge in [-0.1, -0.05) is 11.6 Å². The van der Waals surface area contributed by atoms with Crippen LogP contribution in [0.2, 0.25) is 5.02 Å². The highest BCUT2D eigenvalue weighted by atomic mass is 35.5. The summed E-state index contributed by atoms with van der Waals surface area (Å²) in [6.07, 6.45) is 0. The van der Waals surface area contributed by atoms with Gasteiger partial charge in [0.2, 0.25) is 0 Å². The average molecular weight is 290 g/mol. The van der Waals surface area contributed by atoms with Gasteiger partial charge in [0, 0.05) is 23.0 Å². The van der Waals surface area contributed by atoms with Crippen molar-refractivity contribution in [2.75, 3.05) is 0 Å². The van der Waals surface area contributed by atoms with E-state index in [9.17, 15) is 4.39 Å². The van der Waals surface area contributed by atoms with Gasteiger partial charge in [0.15, 0.2) is 0 Å². The summed E-state index contributed by atoms with van der Waals surface area (Å²) in [5.74, 6) is 0.527. The number of halogens is 2. The fourth-order valence-corrected chi connectivity index (χ4v) is 2.33. The van der Waals surface area contributed by atoms with E-state index in [1.165, 1.54) is 12.1 Å². The van der Waals surface area contributed by atoms with E-state index in [2.05, 4.69) is 0 Å². The number of nitrogens with zero attached hydrogens (tertiary/aromatic N) is 1. The summed E-state index contributed by atoms with van der Waals surface area (Å²) in [6.45, 7) is 0.425. The number of fused-ring (bicyclic) bond motifs is 1. The average Bonchev–Trinajstić information content (AvgIpc) is 2.74. The number of ether oxygens (including phenoxy) is 1. The Labute approximate surface area is 121 Å². The monoisotopic (exact) mass is 289 g/mol. The van der Waals surface area contributed by atoms with Crippen LogP contribution in [0.3, 0.4) is 0 Å². The maximum atomic E-state index is 13.2. The highest BCUT2D eigenvalue weighted by Gasteiger charge is 2.07. The number of hydrogen-bond acceptors (Lipinski definition) is 1. The van der Waals surface area contributed by atoms with Crippen LogP contribution in [0.1, 0.15) is 5.69 Å². The molecule has 0 saturated carbocycles. The Hall–Kier alpha value is -2.00. The van der Waals surface area contributed by atoms with Crippen LogP contribution >= 0.6 is 11.6 Å². The molecule has 4 heteroatoms. The molecule has 0 unspecified atom stereocenters. The number of benzene rings is 2. The van der Waals surface area contributed by atoms with Crippen molar-refractivity contribution in [3.63, 3.8) is 0 Å². The molecule has 0 spiro atoms. The second-order valence-electron chi connectivity index (χ2n) is 4.64. The molecule has 2 nitrogen and oxygen atoms in total. The first kappa shape index (κ1) is 13.0. The molecule has 0 aliphatic heterocycles. The van der Waals surface area contributed by atoms with E-state index >= 15 is 0 Å². The first-order chi connectivity index (χ1) is 9.63. The molecule has 3 rings (SSSR count). The lowest BCUT2D eigenvalue weighted by atomic mass is 10.2. The van der Waals surface area contributed by atoms with Crippen LogP contribution < -0.4 is 4.74 Å². The summed E-state index contributed by atoms with van der Waals surface area (Å²) >= 11 is 5.83. The maximum Gasteiger partial charge on any atom is 0.128 e. The van der Waals surface area contributed by atoms with Gasteiger partial charge in [0.05, 0.1) is 5.69 Å². The Morgan fingerprint density at radius 1 is 1.10 bits per heavy atom. The lowest BCUT2D eigenvalue weighted by Gasteiger charge is -2.07. The molecule has 0 amide bonds. The maximum absolute atomic E-state index is 13.2. The summed E-state index contributed by atoms with van der Waals surface area (Å²) in [5, 5.41) is 1.56. The Bertz CT molecular complexity index is 749. The van der Waals surface area contributed by atoms with E-state index in [4.69, 9.17) is 16.3 Å². The van der Waals surface area contributed by atoms with Crippen molar-refractivity contribution in [2.24, 2.45) is 7.05 Å². The fraction of sp³-hybridized carbons (Fsp3) is 0.125. The minimum atomic E-state index is -0.228. The van der Waals surface area contributed by atoms with E-state index in [0.29, 0.717) is 11.6 Å². The first-order valence-electron chi connectivity index (χ1n) is 6.26. The number of rotatable bonds is 3. The van der Waals surface area contributed by atoms with Gasteiger partial charge in [-0.05, 0) is 48.5 Å². The summed E-state index contributed by atoms with van der Waals surface area (Å²) in [6, 6.07) is 13.9. The van der Waals surface area contributed by atoms with Gasteiger partial charge < -0.3 is 9.30 Å². The van der Waals surface area contributed by atoms with Crippen LogP contribution in [0.15, 0.2) is 48.5 Å². The molecule has 0 aliphatic carbocycles. The molecule has 1 aromatic heterocycles. The lowest BCUT2D eigenvalue weighted by Crippen LogP contribution is -2.01. The van der Waals surface area contributed by atoms with Crippen molar-refractivity contribution in [3.05, 3.63) is 65.1 Å². The Morgan fingerprint density at radius 2 is 1.85 bits per heavy atom. The minimum Gasteiger partial charge on any atom is -0.487 e. The molecule has 1 heterocycles. The van der Waals surface area contributed by atoms with Crippen LogP contribution in [-0.4, -0.2) is 4.57 Å². The van der Waals surface area contributed by atoms with Crippen molar-refractivity contribution in [2.45, 2.75) is 6.61 Å². The van der Waals surface area contributed by atoms with Crippen molar-refractivity contribution in [3.8, 4) is 5.75 Å². The zero-order chi connectivity index (χ0) is 14.1. The molecule has 0 radical (unpaired) electrons. The Balaban J connectivity index is 1.84. The smallest absolute Gasteiger partial charge is 0.128 e. The van der Waals surface area contributed by atoms with E-state index in [1.807, 2.05) is 29.8 Å². The van der Waals surface area contributed by atoms with E-state index in [-0.39, 0.29) is 5.82 Å². The molecular weight excluding hydrogens is 277 g/mol. The summed E-state index contributed by atoms with van der Waals surface area (Å²) < 4.78 is 20.9. The third kappa shape index (κ3) is 2.49. The first-order valence-corrected chi connectivity index (χ1v) is 6.63. The van der Waals surface area contributed by atoms with Gasteiger partial charge in [0.25, 0.3) is 0 Å². The van der Waals surface area contributed by atoms with Gasteiger partial charge in [0.1, 0.15) is 18.2 Å². The highest BCUT2D eigenvalue weighted by Crippen LogP contribution is 2.22. The van der Waals surface area contributed by atoms with Crippen LogP contribution in [0.25, 0.3) is 10.9 Å². The standard InChI is InChI=1S/C16H13ClFNO/c1-19-14(9-11-8-13(18)4-7-16(11)19)10-20-15-5-2-12(17)3-6-15/h2-9H,10H2,1H3. The van der Waals surface area contributed by atoms with Crippen LogP contribution in [-0.2, 0) is 13.7 Å². The molecule has 0 bridgehead atoms. The molecule has 3 aromatic rings. The molecule has 20 heavy (non-hydrogen) atoms. The fourth-order valence-electron chi connectivity index (χ4n) is 2.20. The summed E-state index contributed by atoms with van der Waals surface area (Å²) in [7, 11) is 1.95. The summed E-state index contributed by atoms with van der Waals surface area (Å²) in [4.78, 5) is 0. The van der Waals surface area contributed by atoms with Crippen molar-refractivity contribution in [1.82, 2.24) is 4.57 Å². The van der Waals surface area contributed by atoms with E-state index < -0.39 is 0 Å². The molecule has 0 fully saturated rings. The Morgan fingerprint density at radius 3 is 2.60 bits per heavy atom. The largest absolute Gasteiger partial charge is 0.487 e. The van der Waals surface area contributed by atoms with Crippen molar-refractivity contribution in [1.29, 1.82) is 0 Å². The van der Waals surface area contributed by atoms with E-state index in [0.717, 1.165) is 22.3 Å². The molecule has 0 atom stereocenters. The molecule has 0 saturated heterocycles. The molecule has 0 N–H and O–H groups in total. The molecular formula is C16H13ClFNO. The Kier molecular flexibility index (Phi) is 3.36. The van der Waals surface area contributed by atoms with E-state index in [1.54, 1.807) is 18.2 Å². The van der Waals surface area contributed by atoms with Crippen LogP contribution in [0, 0.1) is 5.82 Å².